The molecule has 2 amide bonds. The molecule has 0 aromatic heterocycles. The van der Waals surface area contributed by atoms with Gasteiger partial charge >= 0.3 is 12.1 Å². The second-order valence-electron chi connectivity index (χ2n) is 8.51. The van der Waals surface area contributed by atoms with Crippen LogP contribution in [0.3, 0.4) is 0 Å². The summed E-state index contributed by atoms with van der Waals surface area (Å²) >= 11 is 0. The molecule has 0 aliphatic heterocycles. The fourth-order valence-electron chi connectivity index (χ4n) is 4.29. The Labute approximate surface area is 192 Å². The number of rotatable bonds is 11. The first kappa shape index (κ1) is 22.8. The summed E-state index contributed by atoms with van der Waals surface area (Å²) in [6.07, 6.45) is 0.963. The van der Waals surface area contributed by atoms with Gasteiger partial charge in [0.25, 0.3) is 0 Å². The van der Waals surface area contributed by atoms with Crippen molar-refractivity contribution in [3.8, 4) is 11.1 Å². The van der Waals surface area contributed by atoms with Gasteiger partial charge in [-0.05, 0) is 35.1 Å². The quantitative estimate of drug-likeness (QED) is 0.452. The normalized spacial score (nSPS) is 15.3. The van der Waals surface area contributed by atoms with Crippen LogP contribution in [0.5, 0.6) is 0 Å². The van der Waals surface area contributed by atoms with Gasteiger partial charge in [-0.15, -0.1) is 0 Å². The van der Waals surface area contributed by atoms with Gasteiger partial charge in [-0.25, -0.2) is 4.79 Å². The number of alkyl carbamates (subject to hydrolysis) is 1. The van der Waals surface area contributed by atoms with Gasteiger partial charge in [0.05, 0.1) is 25.2 Å². The smallest absolute Gasteiger partial charge is 0.407 e. The van der Waals surface area contributed by atoms with E-state index in [1.165, 1.54) is 11.1 Å². The van der Waals surface area contributed by atoms with Crippen molar-refractivity contribution in [3.05, 3.63) is 59.7 Å². The van der Waals surface area contributed by atoms with Gasteiger partial charge in [0.1, 0.15) is 6.61 Å². The van der Waals surface area contributed by atoms with E-state index in [9.17, 15) is 14.4 Å². The lowest BCUT2D eigenvalue weighted by Crippen LogP contribution is -2.39. The van der Waals surface area contributed by atoms with Crippen LogP contribution in [0, 0.1) is 0 Å². The largest absolute Gasteiger partial charge is 0.481 e. The van der Waals surface area contributed by atoms with Crippen LogP contribution in [0.25, 0.3) is 11.1 Å². The molecule has 0 atom stereocenters. The fraction of sp³-hybridized carbons (Fsp3) is 0.400. The number of hydrogen-bond donors (Lipinski definition) is 3. The monoisotopic (exact) mass is 452 g/mol. The molecule has 2 aliphatic carbocycles. The summed E-state index contributed by atoms with van der Waals surface area (Å²) in [6, 6.07) is 16.3. The molecule has 8 heteroatoms. The standard InChI is InChI=1S/C25H28N2O6/c28-22(27-25(10-11-25)15-23(29)30)9-13-32-14-12-26-24(31)33-16-21-19-7-3-1-5-17(19)18-6-2-4-8-20(18)21/h1-8,21H,9-16H2,(H,26,31)(H,27,28)(H,29,30). The maximum Gasteiger partial charge on any atom is 0.407 e. The number of hydrogen-bond acceptors (Lipinski definition) is 5. The molecule has 0 heterocycles. The van der Waals surface area contributed by atoms with Crippen molar-refractivity contribution in [1.29, 1.82) is 0 Å². The number of carboxylic acids is 1. The zero-order valence-electron chi connectivity index (χ0n) is 18.3. The van der Waals surface area contributed by atoms with Crippen molar-refractivity contribution in [2.24, 2.45) is 0 Å². The Morgan fingerprint density at radius 2 is 1.61 bits per heavy atom. The lowest BCUT2D eigenvalue weighted by Gasteiger charge is -2.15. The summed E-state index contributed by atoms with van der Waals surface area (Å²) in [4.78, 5) is 34.9. The summed E-state index contributed by atoms with van der Waals surface area (Å²) in [5.74, 6) is -1.13. The lowest BCUT2D eigenvalue weighted by atomic mass is 9.98. The van der Waals surface area contributed by atoms with Crippen LogP contribution in [-0.2, 0) is 19.1 Å². The van der Waals surface area contributed by atoms with E-state index in [0.29, 0.717) is 12.8 Å². The van der Waals surface area contributed by atoms with E-state index >= 15 is 0 Å². The Morgan fingerprint density at radius 1 is 0.970 bits per heavy atom. The van der Waals surface area contributed by atoms with Gasteiger partial charge in [-0.1, -0.05) is 48.5 Å². The van der Waals surface area contributed by atoms with Gasteiger partial charge in [0.2, 0.25) is 5.91 Å². The predicted octanol–water partition coefficient (Wildman–Crippen LogP) is 3.06. The zero-order chi connectivity index (χ0) is 23.3. The second-order valence-corrected chi connectivity index (χ2v) is 8.51. The minimum Gasteiger partial charge on any atom is -0.481 e. The number of carboxylic acid groups (broad SMARTS) is 1. The number of nitrogens with one attached hydrogen (secondary N) is 2. The average Bonchev–Trinajstić information content (AvgIpc) is 3.46. The van der Waals surface area contributed by atoms with E-state index in [0.717, 1.165) is 11.1 Å². The zero-order valence-corrected chi connectivity index (χ0v) is 18.3. The number of aliphatic carboxylic acids is 1. The van der Waals surface area contributed by atoms with Crippen molar-refractivity contribution < 1.29 is 29.0 Å². The van der Waals surface area contributed by atoms with Crippen LogP contribution < -0.4 is 10.6 Å². The Hall–Kier alpha value is -3.39. The van der Waals surface area contributed by atoms with E-state index in [4.69, 9.17) is 14.6 Å². The molecule has 3 N–H and O–H groups in total. The summed E-state index contributed by atoms with van der Waals surface area (Å²) in [5.41, 5.74) is 4.09. The van der Waals surface area contributed by atoms with Crippen molar-refractivity contribution in [2.75, 3.05) is 26.4 Å². The predicted molar refractivity (Wildman–Crippen MR) is 121 cm³/mol. The summed E-state index contributed by atoms with van der Waals surface area (Å²) < 4.78 is 10.9. The van der Waals surface area contributed by atoms with E-state index in [2.05, 4.69) is 34.9 Å². The molecule has 2 aliphatic rings. The molecule has 33 heavy (non-hydrogen) atoms. The van der Waals surface area contributed by atoms with E-state index in [-0.39, 0.29) is 51.0 Å². The molecular formula is C25H28N2O6. The molecule has 2 aromatic rings. The van der Waals surface area contributed by atoms with Crippen molar-refractivity contribution in [1.82, 2.24) is 10.6 Å². The minimum atomic E-state index is -0.914. The molecule has 1 fully saturated rings. The molecule has 174 valence electrons. The highest BCUT2D eigenvalue weighted by atomic mass is 16.5. The molecule has 8 nitrogen and oxygen atoms in total. The topological polar surface area (TPSA) is 114 Å². The molecule has 1 saturated carbocycles. The highest BCUT2D eigenvalue weighted by molar-refractivity contribution is 5.80. The third-order valence-corrected chi connectivity index (χ3v) is 6.08. The number of ether oxygens (including phenoxy) is 2. The highest BCUT2D eigenvalue weighted by Crippen LogP contribution is 2.44. The second kappa shape index (κ2) is 10.0. The first-order valence-electron chi connectivity index (χ1n) is 11.2. The molecule has 4 rings (SSSR count). The van der Waals surface area contributed by atoms with E-state index in [1.54, 1.807) is 0 Å². The summed E-state index contributed by atoms with van der Waals surface area (Å²) in [5, 5.41) is 14.3. The number of amides is 2. The number of benzene rings is 2. The Morgan fingerprint density at radius 3 is 2.21 bits per heavy atom. The first-order valence-corrected chi connectivity index (χ1v) is 11.2. The minimum absolute atomic E-state index is 0.00815. The lowest BCUT2D eigenvalue weighted by molar-refractivity contribution is -0.138. The highest BCUT2D eigenvalue weighted by Gasteiger charge is 2.45. The number of fused-ring (bicyclic) bond motifs is 3. The Bertz CT molecular complexity index is 988. The Kier molecular flexibility index (Phi) is 6.93. The Balaban J connectivity index is 1.12. The van der Waals surface area contributed by atoms with Crippen molar-refractivity contribution >= 4 is 18.0 Å². The van der Waals surface area contributed by atoms with Crippen LogP contribution in [0.15, 0.2) is 48.5 Å². The van der Waals surface area contributed by atoms with Crippen LogP contribution in [0.1, 0.15) is 42.7 Å². The van der Waals surface area contributed by atoms with Crippen LogP contribution >= 0.6 is 0 Å². The molecular weight excluding hydrogens is 424 g/mol. The van der Waals surface area contributed by atoms with E-state index < -0.39 is 17.6 Å². The maximum atomic E-state index is 12.1. The van der Waals surface area contributed by atoms with Crippen LogP contribution in [0.2, 0.25) is 0 Å². The SMILES string of the molecule is O=C(O)CC1(NC(=O)CCOCCNC(=O)OCC2c3ccccc3-c3ccccc32)CC1. The number of carbonyl (C=O) groups is 3. The van der Waals surface area contributed by atoms with Crippen molar-refractivity contribution in [3.63, 3.8) is 0 Å². The van der Waals surface area contributed by atoms with Gasteiger partial charge in [0.15, 0.2) is 0 Å². The molecule has 0 spiro atoms. The van der Waals surface area contributed by atoms with Crippen LogP contribution in [-0.4, -0.2) is 55.0 Å². The summed E-state index contributed by atoms with van der Waals surface area (Å²) in [7, 11) is 0. The fourth-order valence-corrected chi connectivity index (χ4v) is 4.29. The van der Waals surface area contributed by atoms with Gasteiger partial charge in [-0.2, -0.15) is 0 Å². The van der Waals surface area contributed by atoms with Gasteiger partial charge in [0, 0.05) is 18.9 Å². The average molecular weight is 453 g/mol. The van der Waals surface area contributed by atoms with Crippen LogP contribution in [0.4, 0.5) is 4.79 Å². The molecule has 0 unspecified atom stereocenters. The molecule has 0 saturated heterocycles. The maximum absolute atomic E-state index is 12.1. The van der Waals surface area contributed by atoms with E-state index in [1.807, 2.05) is 24.3 Å². The van der Waals surface area contributed by atoms with Gasteiger partial charge in [-0.3, -0.25) is 9.59 Å². The number of carbonyl (C=O) groups excluding carboxylic acids is 2. The summed E-state index contributed by atoms with van der Waals surface area (Å²) in [6.45, 7) is 0.958. The molecule has 2 aromatic carbocycles. The third kappa shape index (κ3) is 5.70. The van der Waals surface area contributed by atoms with Gasteiger partial charge < -0.3 is 25.2 Å². The molecule has 0 radical (unpaired) electrons. The molecule has 0 bridgehead atoms. The van der Waals surface area contributed by atoms with Crippen molar-refractivity contribution in [2.45, 2.75) is 37.1 Å². The third-order valence-electron chi connectivity index (χ3n) is 6.08. The first-order chi connectivity index (χ1) is 16.0.